The van der Waals surface area contributed by atoms with E-state index >= 15 is 0 Å². The van der Waals surface area contributed by atoms with Crippen molar-refractivity contribution in [2.75, 3.05) is 0 Å². The molecule has 6 heteroatoms. The number of nitrogens with zero attached hydrogens (tertiary/aromatic N) is 2. The van der Waals surface area contributed by atoms with Gasteiger partial charge in [0.15, 0.2) is 5.75 Å². The third kappa shape index (κ3) is 2.34. The molecule has 1 fully saturated rings. The van der Waals surface area contributed by atoms with Crippen LogP contribution in [0.5, 0.6) is 5.75 Å². The smallest absolute Gasteiger partial charge is 0.311 e. The minimum atomic E-state index is -0.519. The van der Waals surface area contributed by atoms with E-state index in [9.17, 15) is 10.1 Å². The van der Waals surface area contributed by atoms with E-state index in [1.54, 1.807) is 0 Å². The van der Waals surface area contributed by atoms with E-state index in [1.807, 2.05) is 6.07 Å². The van der Waals surface area contributed by atoms with Crippen LogP contribution >= 0.6 is 0 Å². The van der Waals surface area contributed by atoms with Gasteiger partial charge in [-0.1, -0.05) is 0 Å². The van der Waals surface area contributed by atoms with Gasteiger partial charge in [0.05, 0.1) is 16.6 Å². The molecule has 1 aliphatic carbocycles. The Morgan fingerprint density at radius 2 is 2.24 bits per heavy atom. The van der Waals surface area contributed by atoms with Crippen LogP contribution in [-0.4, -0.2) is 17.1 Å². The van der Waals surface area contributed by atoms with Gasteiger partial charge in [0.2, 0.25) is 0 Å². The van der Waals surface area contributed by atoms with Gasteiger partial charge in [-0.2, -0.15) is 5.26 Å². The number of nitriles is 1. The zero-order valence-corrected chi connectivity index (χ0v) is 9.00. The van der Waals surface area contributed by atoms with Gasteiger partial charge in [0.25, 0.3) is 0 Å². The van der Waals surface area contributed by atoms with Crippen molar-refractivity contribution in [1.29, 1.82) is 5.26 Å². The zero-order chi connectivity index (χ0) is 12.4. The first kappa shape index (κ1) is 11.4. The van der Waals surface area contributed by atoms with E-state index in [4.69, 9.17) is 15.7 Å². The molecule has 1 saturated carbocycles. The molecule has 0 spiro atoms. The monoisotopic (exact) mass is 233 g/mol. The number of rotatable bonds is 3. The molecule has 0 unspecified atom stereocenters. The van der Waals surface area contributed by atoms with E-state index in [0.29, 0.717) is 18.4 Å². The molecular formula is C11H11N3O3. The number of nitro benzene ring substituents is 1. The summed E-state index contributed by atoms with van der Waals surface area (Å²) in [4.78, 5) is 10.3. The van der Waals surface area contributed by atoms with E-state index in [-0.39, 0.29) is 23.6 Å². The first-order valence-corrected chi connectivity index (χ1v) is 5.21. The SMILES string of the molecule is N#Cc1ccc([N+](=O)[O-])c(OC2CC(N)C2)c1. The Hall–Kier alpha value is -2.13. The first-order chi connectivity index (χ1) is 8.10. The minimum absolute atomic E-state index is 0.0855. The molecule has 0 heterocycles. The highest BCUT2D eigenvalue weighted by Crippen LogP contribution is 2.32. The summed E-state index contributed by atoms with van der Waals surface area (Å²) < 4.78 is 5.48. The van der Waals surface area contributed by atoms with Crippen LogP contribution in [-0.2, 0) is 0 Å². The topological polar surface area (TPSA) is 102 Å². The fourth-order valence-corrected chi connectivity index (χ4v) is 1.71. The molecule has 0 atom stereocenters. The largest absolute Gasteiger partial charge is 0.483 e. The second-order valence-corrected chi connectivity index (χ2v) is 4.02. The maximum Gasteiger partial charge on any atom is 0.311 e. The average Bonchev–Trinajstić information content (AvgIpc) is 2.26. The fraction of sp³-hybridized carbons (Fsp3) is 0.364. The van der Waals surface area contributed by atoms with Crippen LogP contribution in [0.2, 0.25) is 0 Å². The van der Waals surface area contributed by atoms with Crippen LogP contribution in [0.25, 0.3) is 0 Å². The van der Waals surface area contributed by atoms with E-state index in [0.717, 1.165) is 0 Å². The third-order valence-electron chi connectivity index (χ3n) is 2.71. The molecule has 1 aromatic carbocycles. The number of ether oxygens (including phenoxy) is 1. The van der Waals surface area contributed by atoms with Crippen molar-refractivity contribution < 1.29 is 9.66 Å². The molecule has 2 rings (SSSR count). The standard InChI is InChI=1S/C11H11N3O3/c12-6-7-1-2-10(14(15)16)11(3-7)17-9-4-8(13)5-9/h1-3,8-9H,4-5,13H2. The second kappa shape index (κ2) is 4.39. The fourth-order valence-electron chi connectivity index (χ4n) is 1.71. The molecule has 88 valence electrons. The Morgan fingerprint density at radius 1 is 1.53 bits per heavy atom. The van der Waals surface area contributed by atoms with Gasteiger partial charge in [-0.25, -0.2) is 0 Å². The van der Waals surface area contributed by atoms with Crippen LogP contribution in [0.15, 0.2) is 18.2 Å². The van der Waals surface area contributed by atoms with Crippen molar-refractivity contribution >= 4 is 5.69 Å². The van der Waals surface area contributed by atoms with Crippen LogP contribution in [0.4, 0.5) is 5.69 Å². The van der Waals surface area contributed by atoms with Crippen LogP contribution in [0.3, 0.4) is 0 Å². The molecule has 1 aliphatic rings. The molecule has 17 heavy (non-hydrogen) atoms. The van der Waals surface area contributed by atoms with Crippen LogP contribution in [0.1, 0.15) is 18.4 Å². The highest BCUT2D eigenvalue weighted by molar-refractivity contribution is 5.51. The summed E-state index contributed by atoms with van der Waals surface area (Å²) in [5.74, 6) is 0.144. The van der Waals surface area contributed by atoms with Crippen molar-refractivity contribution in [2.45, 2.75) is 25.0 Å². The Bertz CT molecular complexity index is 489. The quantitative estimate of drug-likeness (QED) is 0.626. The number of hydrogen-bond donors (Lipinski definition) is 1. The number of hydrogen-bond acceptors (Lipinski definition) is 5. The van der Waals surface area contributed by atoms with Crippen molar-refractivity contribution in [3.63, 3.8) is 0 Å². The third-order valence-corrected chi connectivity index (χ3v) is 2.71. The number of nitro groups is 1. The highest BCUT2D eigenvalue weighted by Gasteiger charge is 2.29. The average molecular weight is 233 g/mol. The van der Waals surface area contributed by atoms with Crippen LogP contribution in [0, 0.1) is 21.4 Å². The molecule has 0 saturated heterocycles. The Kier molecular flexibility index (Phi) is 2.93. The second-order valence-electron chi connectivity index (χ2n) is 4.02. The summed E-state index contributed by atoms with van der Waals surface area (Å²) in [6.45, 7) is 0. The molecule has 0 aromatic heterocycles. The molecule has 1 aromatic rings. The summed E-state index contributed by atoms with van der Waals surface area (Å²) >= 11 is 0. The Balaban J connectivity index is 2.23. The summed E-state index contributed by atoms with van der Waals surface area (Å²) in [5.41, 5.74) is 5.83. The molecule has 0 radical (unpaired) electrons. The molecule has 2 N–H and O–H groups in total. The first-order valence-electron chi connectivity index (χ1n) is 5.21. The number of nitrogens with two attached hydrogens (primary N) is 1. The van der Waals surface area contributed by atoms with Gasteiger partial charge >= 0.3 is 5.69 Å². The molecule has 6 nitrogen and oxygen atoms in total. The predicted molar refractivity (Wildman–Crippen MR) is 59.4 cm³/mol. The molecule has 0 bridgehead atoms. The van der Waals surface area contributed by atoms with Crippen molar-refractivity contribution in [3.05, 3.63) is 33.9 Å². The van der Waals surface area contributed by atoms with Gasteiger partial charge < -0.3 is 10.5 Å². The van der Waals surface area contributed by atoms with Gasteiger partial charge in [-0.15, -0.1) is 0 Å². The zero-order valence-electron chi connectivity index (χ0n) is 9.00. The minimum Gasteiger partial charge on any atom is -0.483 e. The molecule has 0 amide bonds. The lowest BCUT2D eigenvalue weighted by Crippen LogP contribution is -2.43. The maximum atomic E-state index is 10.8. The lowest BCUT2D eigenvalue weighted by molar-refractivity contribution is -0.386. The summed E-state index contributed by atoms with van der Waals surface area (Å²) in [5, 5.41) is 19.5. The van der Waals surface area contributed by atoms with Crippen molar-refractivity contribution in [2.24, 2.45) is 5.73 Å². The Morgan fingerprint density at radius 3 is 2.76 bits per heavy atom. The van der Waals surface area contributed by atoms with Gasteiger partial charge in [-0.05, 0) is 18.9 Å². The van der Waals surface area contributed by atoms with Crippen molar-refractivity contribution in [1.82, 2.24) is 0 Å². The highest BCUT2D eigenvalue weighted by atomic mass is 16.6. The lowest BCUT2D eigenvalue weighted by Gasteiger charge is -2.32. The molecular weight excluding hydrogens is 222 g/mol. The van der Waals surface area contributed by atoms with Gasteiger partial charge in [0.1, 0.15) is 6.10 Å². The lowest BCUT2D eigenvalue weighted by atomic mass is 9.90. The van der Waals surface area contributed by atoms with E-state index in [1.165, 1.54) is 18.2 Å². The normalized spacial score (nSPS) is 22.4. The summed E-state index contributed by atoms with van der Waals surface area (Å²) in [6.07, 6.45) is 1.29. The van der Waals surface area contributed by atoms with Crippen LogP contribution < -0.4 is 10.5 Å². The number of benzene rings is 1. The predicted octanol–water partition coefficient (Wildman–Crippen LogP) is 1.33. The summed E-state index contributed by atoms with van der Waals surface area (Å²) in [6, 6.07) is 6.11. The van der Waals surface area contributed by atoms with Crippen molar-refractivity contribution in [3.8, 4) is 11.8 Å². The maximum absolute atomic E-state index is 10.8. The summed E-state index contributed by atoms with van der Waals surface area (Å²) in [7, 11) is 0. The van der Waals surface area contributed by atoms with Gasteiger partial charge in [0, 0.05) is 18.2 Å². The van der Waals surface area contributed by atoms with E-state index < -0.39 is 4.92 Å². The van der Waals surface area contributed by atoms with E-state index in [2.05, 4.69) is 0 Å². The Labute approximate surface area is 97.7 Å². The molecule has 0 aliphatic heterocycles. The van der Waals surface area contributed by atoms with Gasteiger partial charge in [-0.3, -0.25) is 10.1 Å².